The molecule has 0 radical (unpaired) electrons. The van der Waals surface area contributed by atoms with Crippen LogP contribution in [0.1, 0.15) is 17.3 Å². The minimum absolute atomic E-state index is 0.0564. The van der Waals surface area contributed by atoms with E-state index in [4.69, 9.17) is 4.74 Å². The smallest absolute Gasteiger partial charge is 0.484 e. The first-order chi connectivity index (χ1) is 16.7. The Kier molecular flexibility index (Phi) is 6.36. The van der Waals surface area contributed by atoms with Crippen LogP contribution in [0, 0.1) is 5.82 Å². The van der Waals surface area contributed by atoms with E-state index in [1.165, 1.54) is 31.5 Å². The van der Waals surface area contributed by atoms with Crippen LogP contribution in [0.5, 0.6) is 5.75 Å². The van der Waals surface area contributed by atoms with Crippen LogP contribution in [0.25, 0.3) is 10.9 Å². The lowest BCUT2D eigenvalue weighted by Gasteiger charge is -2.16. The van der Waals surface area contributed by atoms with E-state index < -0.39 is 23.6 Å². The van der Waals surface area contributed by atoms with E-state index in [0.29, 0.717) is 17.4 Å². The maximum Gasteiger partial charge on any atom is 0.484 e. The fourth-order valence-electron chi connectivity index (χ4n) is 3.28. The highest BCUT2D eigenvalue weighted by Crippen LogP contribution is 2.35. The Balaban J connectivity index is 1.77. The van der Waals surface area contributed by atoms with Crippen molar-refractivity contribution in [2.75, 3.05) is 17.7 Å². The normalized spacial score (nSPS) is 11.4. The van der Waals surface area contributed by atoms with Crippen molar-refractivity contribution in [3.63, 3.8) is 0 Å². The lowest BCUT2D eigenvalue weighted by Crippen LogP contribution is -2.37. The topological polar surface area (TPSA) is 119 Å². The number of anilines is 4. The summed E-state index contributed by atoms with van der Waals surface area (Å²) < 4.78 is 58.8. The molecule has 0 saturated heterocycles. The Morgan fingerprint density at radius 2 is 1.83 bits per heavy atom. The summed E-state index contributed by atoms with van der Waals surface area (Å²) in [5.41, 5.74) is 0.142. The van der Waals surface area contributed by atoms with Gasteiger partial charge in [-0.25, -0.2) is 19.3 Å². The number of hydrogen-bond acceptors (Lipinski definition) is 8. The van der Waals surface area contributed by atoms with Gasteiger partial charge in [0.05, 0.1) is 30.8 Å². The second-order valence-corrected chi connectivity index (χ2v) is 7.08. The number of carbonyl (C=O) groups is 1. The Bertz CT molecular complexity index is 1370. The van der Waals surface area contributed by atoms with Gasteiger partial charge in [0.1, 0.15) is 23.0 Å². The fourth-order valence-corrected chi connectivity index (χ4v) is 3.28. The molecule has 0 unspecified atom stereocenters. The Morgan fingerprint density at radius 3 is 2.49 bits per heavy atom. The molecule has 0 spiro atoms. The fraction of sp³-hybridized carbons (Fsp3) is 0.190. The van der Waals surface area contributed by atoms with Gasteiger partial charge in [-0.15, -0.1) is 0 Å². The van der Waals surface area contributed by atoms with Crippen LogP contribution >= 0.6 is 0 Å². The zero-order valence-electron chi connectivity index (χ0n) is 18.3. The monoisotopic (exact) mass is 490 g/mol. The van der Waals surface area contributed by atoms with E-state index in [0.717, 1.165) is 17.7 Å². The standard InChI is InChI=1S/C21H18F4N8O2/c1-3-33-17-11(8-29-33)7-28-19(18(17)35-2)30-14-6-16(31-15-5-4-12(22)9-26-15)27-10-13(14)20(34)32-21(23,24)25/h4-10H,3H2,1-2H3,(H,32,34)(H2,26,27,28,30,31). The summed E-state index contributed by atoms with van der Waals surface area (Å²) in [6.07, 6.45) is 0.0952. The lowest BCUT2D eigenvalue weighted by atomic mass is 10.2. The largest absolute Gasteiger partial charge is 0.491 e. The molecule has 0 aromatic carbocycles. The van der Waals surface area contributed by atoms with Crippen molar-refractivity contribution in [1.82, 2.24) is 30.0 Å². The second-order valence-electron chi connectivity index (χ2n) is 7.08. The van der Waals surface area contributed by atoms with E-state index in [-0.39, 0.29) is 28.9 Å². The summed E-state index contributed by atoms with van der Waals surface area (Å²) in [6, 6.07) is 3.80. The molecule has 182 valence electrons. The van der Waals surface area contributed by atoms with Gasteiger partial charge in [-0.2, -0.15) is 18.3 Å². The van der Waals surface area contributed by atoms with Gasteiger partial charge >= 0.3 is 6.30 Å². The maximum atomic E-state index is 13.1. The number of hydrogen-bond donors (Lipinski definition) is 3. The number of carbonyl (C=O) groups excluding carboxylic acids is 1. The van der Waals surface area contributed by atoms with E-state index in [1.54, 1.807) is 10.9 Å². The predicted octanol–water partition coefficient (Wildman–Crippen LogP) is 4.13. The molecule has 0 saturated carbocycles. The van der Waals surface area contributed by atoms with Gasteiger partial charge in [0.15, 0.2) is 11.6 Å². The summed E-state index contributed by atoms with van der Waals surface area (Å²) in [4.78, 5) is 24.5. The molecule has 0 aliphatic heterocycles. The molecule has 4 aromatic heterocycles. The number of rotatable bonds is 7. The average molecular weight is 490 g/mol. The third-order valence-corrected chi connectivity index (χ3v) is 4.77. The number of ether oxygens (including phenoxy) is 1. The summed E-state index contributed by atoms with van der Waals surface area (Å²) >= 11 is 0. The molecule has 35 heavy (non-hydrogen) atoms. The van der Waals surface area contributed by atoms with Crippen molar-refractivity contribution < 1.29 is 27.1 Å². The Morgan fingerprint density at radius 1 is 1.06 bits per heavy atom. The zero-order valence-corrected chi connectivity index (χ0v) is 18.3. The number of alkyl halides is 3. The number of fused-ring (bicyclic) bond motifs is 1. The van der Waals surface area contributed by atoms with Crippen LogP contribution in [0.15, 0.2) is 43.0 Å². The molecular formula is C21H18F4N8O2. The van der Waals surface area contributed by atoms with Crippen molar-refractivity contribution >= 4 is 40.0 Å². The van der Waals surface area contributed by atoms with Crippen LogP contribution in [0.4, 0.5) is 40.7 Å². The van der Waals surface area contributed by atoms with Gasteiger partial charge in [0, 0.05) is 30.4 Å². The molecule has 1 amide bonds. The summed E-state index contributed by atoms with van der Waals surface area (Å²) in [7, 11) is 1.41. The van der Waals surface area contributed by atoms with Crippen molar-refractivity contribution in [3.8, 4) is 5.75 Å². The van der Waals surface area contributed by atoms with Gasteiger partial charge < -0.3 is 15.4 Å². The number of amides is 1. The highest BCUT2D eigenvalue weighted by molar-refractivity contribution is 6.01. The molecule has 4 heterocycles. The number of halogens is 4. The SMILES string of the molecule is CCn1ncc2cnc(Nc3cc(Nc4ccc(F)cn4)ncc3C(=O)NC(F)(F)F)c(OC)c21. The lowest BCUT2D eigenvalue weighted by molar-refractivity contribution is -0.146. The van der Waals surface area contributed by atoms with Crippen LogP contribution in [-0.2, 0) is 6.54 Å². The van der Waals surface area contributed by atoms with Gasteiger partial charge in [-0.3, -0.25) is 14.8 Å². The van der Waals surface area contributed by atoms with Crippen molar-refractivity contribution in [1.29, 1.82) is 0 Å². The van der Waals surface area contributed by atoms with E-state index in [2.05, 4.69) is 30.7 Å². The summed E-state index contributed by atoms with van der Waals surface area (Å²) in [5.74, 6) is -1.23. The molecule has 3 N–H and O–H groups in total. The van der Waals surface area contributed by atoms with Gasteiger partial charge in [0.2, 0.25) is 0 Å². The average Bonchev–Trinajstić information content (AvgIpc) is 3.23. The van der Waals surface area contributed by atoms with Crippen LogP contribution in [0.3, 0.4) is 0 Å². The zero-order chi connectivity index (χ0) is 25.2. The van der Waals surface area contributed by atoms with Crippen molar-refractivity contribution in [2.24, 2.45) is 0 Å². The summed E-state index contributed by atoms with van der Waals surface area (Å²) in [6.45, 7) is 2.40. The predicted molar refractivity (Wildman–Crippen MR) is 118 cm³/mol. The molecule has 0 bridgehead atoms. The van der Waals surface area contributed by atoms with Crippen LogP contribution < -0.4 is 20.7 Å². The molecule has 4 rings (SSSR count). The minimum atomic E-state index is -4.95. The minimum Gasteiger partial charge on any atom is -0.491 e. The first-order valence-electron chi connectivity index (χ1n) is 10.1. The van der Waals surface area contributed by atoms with E-state index in [1.807, 2.05) is 6.92 Å². The number of nitrogens with one attached hydrogen (secondary N) is 3. The number of nitrogens with zero attached hydrogens (tertiary/aromatic N) is 5. The second kappa shape index (κ2) is 9.40. The first kappa shape index (κ1) is 23.7. The molecule has 0 fully saturated rings. The Labute approximate surface area is 195 Å². The van der Waals surface area contributed by atoms with Gasteiger partial charge in [0.25, 0.3) is 5.91 Å². The third kappa shape index (κ3) is 5.20. The first-order valence-corrected chi connectivity index (χ1v) is 10.1. The molecule has 0 aliphatic rings. The van der Waals surface area contributed by atoms with Gasteiger partial charge in [-0.1, -0.05) is 0 Å². The van der Waals surface area contributed by atoms with Crippen molar-refractivity contribution in [2.45, 2.75) is 19.8 Å². The molecular weight excluding hydrogens is 472 g/mol. The van der Waals surface area contributed by atoms with Gasteiger partial charge in [-0.05, 0) is 19.1 Å². The molecule has 14 heteroatoms. The Hall–Kier alpha value is -4.49. The number of aryl methyl sites for hydroxylation is 1. The van der Waals surface area contributed by atoms with Crippen molar-refractivity contribution in [3.05, 3.63) is 54.4 Å². The van der Waals surface area contributed by atoms with E-state index >= 15 is 0 Å². The number of pyridine rings is 3. The van der Waals surface area contributed by atoms with Crippen LogP contribution in [0.2, 0.25) is 0 Å². The molecule has 4 aromatic rings. The molecule has 0 aliphatic carbocycles. The van der Waals surface area contributed by atoms with E-state index in [9.17, 15) is 22.4 Å². The third-order valence-electron chi connectivity index (χ3n) is 4.77. The number of methoxy groups -OCH3 is 1. The highest BCUT2D eigenvalue weighted by atomic mass is 19.4. The quantitative estimate of drug-likeness (QED) is 0.262. The molecule has 0 atom stereocenters. The molecule has 10 nitrogen and oxygen atoms in total. The summed E-state index contributed by atoms with van der Waals surface area (Å²) in [5, 5.41) is 11.5. The maximum absolute atomic E-state index is 13.1. The van der Waals surface area contributed by atoms with Crippen LogP contribution in [-0.4, -0.2) is 44.0 Å². The highest BCUT2D eigenvalue weighted by Gasteiger charge is 2.32. The number of aromatic nitrogens is 5.